The van der Waals surface area contributed by atoms with Gasteiger partial charge in [0, 0.05) is 11.9 Å². The molecule has 0 unspecified atom stereocenters. The van der Waals surface area contributed by atoms with E-state index in [4.69, 9.17) is 5.73 Å². The zero-order chi connectivity index (χ0) is 11.8. The van der Waals surface area contributed by atoms with Crippen LogP contribution >= 0.6 is 0 Å². The van der Waals surface area contributed by atoms with Crippen molar-refractivity contribution in [1.82, 2.24) is 19.8 Å². The van der Waals surface area contributed by atoms with E-state index in [2.05, 4.69) is 15.3 Å². The number of nitrogens with two attached hydrogens (primary N) is 1. The summed E-state index contributed by atoms with van der Waals surface area (Å²) in [4.78, 5) is 0. The van der Waals surface area contributed by atoms with E-state index >= 15 is 0 Å². The van der Waals surface area contributed by atoms with Crippen LogP contribution in [0.1, 0.15) is 0 Å². The number of aromatic nitrogens is 4. The van der Waals surface area contributed by atoms with Crippen molar-refractivity contribution in [3.8, 4) is 11.4 Å². The minimum absolute atomic E-state index is 0.288. The van der Waals surface area contributed by atoms with Gasteiger partial charge in [-0.15, -0.1) is 10.2 Å². The predicted octanol–water partition coefficient (Wildman–Crippen LogP) is 1.51. The van der Waals surface area contributed by atoms with Crippen LogP contribution in [0.15, 0.2) is 36.5 Å². The molecule has 0 fully saturated rings. The lowest BCUT2D eigenvalue weighted by Gasteiger charge is -2.01. The fourth-order valence-electron chi connectivity index (χ4n) is 1.63. The van der Waals surface area contributed by atoms with Crippen LogP contribution in [0.2, 0.25) is 0 Å². The van der Waals surface area contributed by atoms with Crippen LogP contribution in [-0.2, 0) is 0 Å². The highest BCUT2D eigenvalue weighted by molar-refractivity contribution is 5.63. The molecule has 2 N–H and O–H groups in total. The molecule has 2 aromatic heterocycles. The Morgan fingerprint density at radius 2 is 2.06 bits per heavy atom. The lowest BCUT2D eigenvalue weighted by atomic mass is 10.2. The third-order valence-electron chi connectivity index (χ3n) is 2.41. The number of nitrogen functional groups attached to an aromatic ring is 1. The highest BCUT2D eigenvalue weighted by atomic mass is 19.1. The standard InChI is InChI=1S/C11H8FN5/c12-9-4-3-7(13)6-8(9)11-16-15-10-2-1-5-14-17(10)11/h1-6H,13H2. The Balaban J connectivity index is 2.31. The Morgan fingerprint density at radius 1 is 1.18 bits per heavy atom. The molecule has 0 saturated carbocycles. The number of benzene rings is 1. The topological polar surface area (TPSA) is 69.1 Å². The molecule has 6 heteroatoms. The summed E-state index contributed by atoms with van der Waals surface area (Å²) in [6.07, 6.45) is 1.59. The van der Waals surface area contributed by atoms with Crippen molar-refractivity contribution in [2.45, 2.75) is 0 Å². The van der Waals surface area contributed by atoms with Crippen molar-refractivity contribution in [3.63, 3.8) is 0 Å². The molecule has 0 spiro atoms. The third-order valence-corrected chi connectivity index (χ3v) is 2.41. The highest BCUT2D eigenvalue weighted by Gasteiger charge is 2.13. The maximum absolute atomic E-state index is 13.7. The van der Waals surface area contributed by atoms with Crippen LogP contribution in [0.25, 0.3) is 17.0 Å². The minimum atomic E-state index is -0.404. The van der Waals surface area contributed by atoms with Crippen molar-refractivity contribution < 1.29 is 4.39 Å². The quantitative estimate of drug-likeness (QED) is 0.642. The first-order chi connectivity index (χ1) is 8.25. The minimum Gasteiger partial charge on any atom is -0.399 e. The lowest BCUT2D eigenvalue weighted by Crippen LogP contribution is -1.96. The molecule has 3 rings (SSSR count). The number of hydrogen-bond donors (Lipinski definition) is 1. The van der Waals surface area contributed by atoms with Gasteiger partial charge in [-0.05, 0) is 30.3 Å². The number of halogens is 1. The smallest absolute Gasteiger partial charge is 0.188 e. The summed E-state index contributed by atoms with van der Waals surface area (Å²) in [5, 5.41) is 11.9. The molecule has 3 aromatic rings. The molecule has 0 amide bonds. The zero-order valence-electron chi connectivity index (χ0n) is 8.71. The molecule has 84 valence electrons. The van der Waals surface area contributed by atoms with E-state index in [1.165, 1.54) is 22.7 Å². The fourth-order valence-corrected chi connectivity index (χ4v) is 1.63. The lowest BCUT2D eigenvalue weighted by molar-refractivity contribution is 0.629. The maximum Gasteiger partial charge on any atom is 0.188 e. The van der Waals surface area contributed by atoms with Crippen molar-refractivity contribution in [3.05, 3.63) is 42.3 Å². The average Bonchev–Trinajstić information content (AvgIpc) is 2.76. The van der Waals surface area contributed by atoms with Gasteiger partial charge < -0.3 is 5.73 Å². The van der Waals surface area contributed by atoms with Crippen molar-refractivity contribution in [2.75, 3.05) is 5.73 Å². The van der Waals surface area contributed by atoms with Crippen LogP contribution in [0, 0.1) is 5.82 Å². The molecule has 0 aliphatic heterocycles. The van der Waals surface area contributed by atoms with E-state index in [0.717, 1.165) is 0 Å². The molecule has 0 bridgehead atoms. The molecule has 0 atom stereocenters. The maximum atomic E-state index is 13.7. The third kappa shape index (κ3) is 1.50. The number of fused-ring (bicyclic) bond motifs is 1. The Morgan fingerprint density at radius 3 is 2.94 bits per heavy atom. The fraction of sp³-hybridized carbons (Fsp3) is 0. The molecule has 1 aromatic carbocycles. The van der Waals surface area contributed by atoms with E-state index in [9.17, 15) is 4.39 Å². The normalized spacial score (nSPS) is 10.9. The van der Waals surface area contributed by atoms with Crippen LogP contribution < -0.4 is 5.73 Å². The molecule has 0 aliphatic rings. The van der Waals surface area contributed by atoms with Gasteiger partial charge >= 0.3 is 0 Å². The first-order valence-corrected chi connectivity index (χ1v) is 4.97. The molecule has 0 radical (unpaired) electrons. The van der Waals surface area contributed by atoms with Gasteiger partial charge in [0.25, 0.3) is 0 Å². The van der Waals surface area contributed by atoms with E-state index in [0.29, 0.717) is 17.2 Å². The summed E-state index contributed by atoms with van der Waals surface area (Å²) < 4.78 is 15.2. The van der Waals surface area contributed by atoms with Crippen LogP contribution in [0.5, 0.6) is 0 Å². The average molecular weight is 229 g/mol. The van der Waals surface area contributed by atoms with E-state index < -0.39 is 5.82 Å². The van der Waals surface area contributed by atoms with Gasteiger partial charge in [-0.3, -0.25) is 0 Å². The summed E-state index contributed by atoms with van der Waals surface area (Å²) >= 11 is 0. The first kappa shape index (κ1) is 9.71. The van der Waals surface area contributed by atoms with Crippen LogP contribution in [0.4, 0.5) is 10.1 Å². The van der Waals surface area contributed by atoms with Crippen molar-refractivity contribution in [2.24, 2.45) is 0 Å². The van der Waals surface area contributed by atoms with Gasteiger partial charge in [-0.1, -0.05) is 0 Å². The summed E-state index contributed by atoms with van der Waals surface area (Å²) in [5.74, 6) is -0.0652. The van der Waals surface area contributed by atoms with Crippen molar-refractivity contribution in [1.29, 1.82) is 0 Å². The molecular formula is C11H8FN5. The molecule has 0 saturated heterocycles. The second-order valence-electron chi connectivity index (χ2n) is 3.56. The summed E-state index contributed by atoms with van der Waals surface area (Å²) in [6.45, 7) is 0. The molecule has 0 aliphatic carbocycles. The van der Waals surface area contributed by atoms with Gasteiger partial charge in [-0.2, -0.15) is 9.61 Å². The van der Waals surface area contributed by atoms with Gasteiger partial charge in [-0.25, -0.2) is 4.39 Å². The summed E-state index contributed by atoms with van der Waals surface area (Å²) in [5.41, 5.74) is 6.95. The number of nitrogens with zero attached hydrogens (tertiary/aromatic N) is 4. The summed E-state index contributed by atoms with van der Waals surface area (Å²) in [6, 6.07) is 7.79. The van der Waals surface area contributed by atoms with Crippen molar-refractivity contribution >= 4 is 11.3 Å². The Hall–Kier alpha value is -2.50. The first-order valence-electron chi connectivity index (χ1n) is 4.97. The Labute approximate surface area is 95.7 Å². The molecule has 17 heavy (non-hydrogen) atoms. The Bertz CT molecular complexity index is 691. The van der Waals surface area contributed by atoms with Crippen LogP contribution in [0.3, 0.4) is 0 Å². The largest absolute Gasteiger partial charge is 0.399 e. The SMILES string of the molecule is Nc1ccc(F)c(-c2nnc3cccnn23)c1. The van der Waals surface area contributed by atoms with Gasteiger partial charge in [0.2, 0.25) is 0 Å². The molecule has 5 nitrogen and oxygen atoms in total. The number of rotatable bonds is 1. The van der Waals surface area contributed by atoms with Gasteiger partial charge in [0.1, 0.15) is 5.82 Å². The zero-order valence-corrected chi connectivity index (χ0v) is 8.71. The highest BCUT2D eigenvalue weighted by Crippen LogP contribution is 2.23. The second-order valence-corrected chi connectivity index (χ2v) is 3.56. The Kier molecular flexibility index (Phi) is 2.01. The molecular weight excluding hydrogens is 221 g/mol. The number of hydrogen-bond acceptors (Lipinski definition) is 4. The molecule has 2 heterocycles. The van der Waals surface area contributed by atoms with E-state index in [1.807, 2.05) is 0 Å². The van der Waals surface area contributed by atoms with Gasteiger partial charge in [0.05, 0.1) is 5.56 Å². The van der Waals surface area contributed by atoms with E-state index in [-0.39, 0.29) is 5.56 Å². The van der Waals surface area contributed by atoms with Gasteiger partial charge in [0.15, 0.2) is 11.5 Å². The number of anilines is 1. The second kappa shape index (κ2) is 3.51. The predicted molar refractivity (Wildman–Crippen MR) is 60.6 cm³/mol. The van der Waals surface area contributed by atoms with Crippen LogP contribution in [-0.4, -0.2) is 19.8 Å². The van der Waals surface area contributed by atoms with E-state index in [1.54, 1.807) is 18.3 Å². The summed E-state index contributed by atoms with van der Waals surface area (Å²) in [7, 11) is 0. The monoisotopic (exact) mass is 229 g/mol.